The lowest BCUT2D eigenvalue weighted by Crippen LogP contribution is -2.18. The van der Waals surface area contributed by atoms with Gasteiger partial charge >= 0.3 is 0 Å². The van der Waals surface area contributed by atoms with Crippen LogP contribution in [-0.4, -0.2) is 11.5 Å². The van der Waals surface area contributed by atoms with E-state index in [9.17, 15) is 0 Å². The maximum atomic E-state index is 5.99. The maximum Gasteiger partial charge on any atom is 0.123 e. The molecule has 2 nitrogen and oxygen atoms in total. The van der Waals surface area contributed by atoms with E-state index in [2.05, 4.69) is 31.1 Å². The number of halogens is 1. The second-order valence-corrected chi connectivity index (χ2v) is 6.20. The van der Waals surface area contributed by atoms with Gasteiger partial charge in [0.1, 0.15) is 5.01 Å². The summed E-state index contributed by atoms with van der Waals surface area (Å²) < 4.78 is 0. The number of nitrogens with one attached hydrogen (secondary N) is 1. The summed E-state index contributed by atoms with van der Waals surface area (Å²) in [6.45, 7) is 7.46. The Morgan fingerprint density at radius 1 is 1.42 bits per heavy atom. The van der Waals surface area contributed by atoms with Crippen molar-refractivity contribution in [2.45, 2.75) is 33.2 Å². The average molecular weight is 295 g/mol. The van der Waals surface area contributed by atoms with E-state index in [1.807, 2.05) is 24.4 Å². The van der Waals surface area contributed by atoms with E-state index in [4.69, 9.17) is 11.6 Å². The summed E-state index contributed by atoms with van der Waals surface area (Å²) in [5.41, 5.74) is 2.34. The SMILES string of the molecule is CCCNC(C)c1cnc(-c2ccc(Cl)cc2C)s1. The van der Waals surface area contributed by atoms with E-state index < -0.39 is 0 Å². The predicted octanol–water partition coefficient (Wildman–Crippen LogP) is 4.83. The Labute approximate surface area is 123 Å². The zero-order chi connectivity index (χ0) is 13.8. The first-order chi connectivity index (χ1) is 9.11. The van der Waals surface area contributed by atoms with Gasteiger partial charge in [0, 0.05) is 27.7 Å². The number of aromatic nitrogens is 1. The Balaban J connectivity index is 2.20. The first kappa shape index (κ1) is 14.5. The minimum absolute atomic E-state index is 0.360. The fourth-order valence-electron chi connectivity index (χ4n) is 1.94. The van der Waals surface area contributed by atoms with E-state index >= 15 is 0 Å². The molecule has 0 aliphatic carbocycles. The molecule has 1 heterocycles. The van der Waals surface area contributed by atoms with E-state index in [-0.39, 0.29) is 0 Å². The van der Waals surface area contributed by atoms with Gasteiger partial charge in [-0.1, -0.05) is 24.6 Å². The average Bonchev–Trinajstić information content (AvgIpc) is 2.85. The maximum absolute atomic E-state index is 5.99. The molecule has 0 aliphatic rings. The Morgan fingerprint density at radius 2 is 2.21 bits per heavy atom. The summed E-state index contributed by atoms with van der Waals surface area (Å²) >= 11 is 7.74. The van der Waals surface area contributed by atoms with Crippen molar-refractivity contribution in [2.75, 3.05) is 6.54 Å². The van der Waals surface area contributed by atoms with Gasteiger partial charge < -0.3 is 5.32 Å². The monoisotopic (exact) mass is 294 g/mol. The Morgan fingerprint density at radius 3 is 2.89 bits per heavy atom. The third-order valence-corrected chi connectivity index (χ3v) is 4.52. The number of hydrogen-bond donors (Lipinski definition) is 1. The number of aryl methyl sites for hydroxylation is 1. The minimum atomic E-state index is 0.360. The van der Waals surface area contributed by atoms with Crippen LogP contribution in [0.5, 0.6) is 0 Å². The molecule has 0 aliphatic heterocycles. The van der Waals surface area contributed by atoms with Crippen LogP contribution >= 0.6 is 22.9 Å². The van der Waals surface area contributed by atoms with Crippen LogP contribution in [-0.2, 0) is 0 Å². The number of thiazole rings is 1. The third-order valence-electron chi connectivity index (χ3n) is 3.07. The molecule has 0 radical (unpaired) electrons. The molecule has 1 unspecified atom stereocenters. The van der Waals surface area contributed by atoms with E-state index in [1.54, 1.807) is 11.3 Å². The molecule has 0 amide bonds. The number of hydrogen-bond acceptors (Lipinski definition) is 3. The summed E-state index contributed by atoms with van der Waals surface area (Å²) in [5, 5.41) is 5.32. The van der Waals surface area contributed by atoms with Crippen molar-refractivity contribution in [3.63, 3.8) is 0 Å². The summed E-state index contributed by atoms with van der Waals surface area (Å²) in [6, 6.07) is 6.31. The van der Waals surface area contributed by atoms with Crippen molar-refractivity contribution in [1.82, 2.24) is 10.3 Å². The van der Waals surface area contributed by atoms with Crippen LogP contribution < -0.4 is 5.32 Å². The zero-order valence-corrected chi connectivity index (χ0v) is 13.1. The molecule has 2 aromatic rings. The van der Waals surface area contributed by atoms with Gasteiger partial charge in [0.15, 0.2) is 0 Å². The lowest BCUT2D eigenvalue weighted by atomic mass is 10.1. The van der Waals surface area contributed by atoms with Crippen molar-refractivity contribution in [3.8, 4) is 10.6 Å². The molecule has 1 N–H and O–H groups in total. The highest BCUT2D eigenvalue weighted by Crippen LogP contribution is 2.31. The Bertz CT molecular complexity index is 551. The van der Waals surface area contributed by atoms with Crippen LogP contribution in [0.2, 0.25) is 5.02 Å². The van der Waals surface area contributed by atoms with Crippen LogP contribution in [0.3, 0.4) is 0 Å². The first-order valence-corrected chi connectivity index (χ1v) is 7.77. The molecule has 0 fully saturated rings. The number of benzene rings is 1. The summed E-state index contributed by atoms with van der Waals surface area (Å²) in [5.74, 6) is 0. The van der Waals surface area contributed by atoms with E-state index in [0.29, 0.717) is 6.04 Å². The van der Waals surface area contributed by atoms with Crippen molar-refractivity contribution in [3.05, 3.63) is 39.9 Å². The van der Waals surface area contributed by atoms with Gasteiger partial charge in [-0.15, -0.1) is 11.3 Å². The van der Waals surface area contributed by atoms with Crippen LogP contribution in [0.4, 0.5) is 0 Å². The molecule has 102 valence electrons. The van der Waals surface area contributed by atoms with Gasteiger partial charge in [0.25, 0.3) is 0 Å². The normalized spacial score (nSPS) is 12.6. The molecule has 0 bridgehead atoms. The highest BCUT2D eigenvalue weighted by atomic mass is 35.5. The molecule has 2 rings (SSSR count). The minimum Gasteiger partial charge on any atom is -0.309 e. The molecule has 0 spiro atoms. The molecule has 1 atom stereocenters. The van der Waals surface area contributed by atoms with E-state index in [1.165, 1.54) is 16.0 Å². The van der Waals surface area contributed by atoms with Crippen LogP contribution in [0.15, 0.2) is 24.4 Å². The van der Waals surface area contributed by atoms with Crippen molar-refractivity contribution in [1.29, 1.82) is 0 Å². The second-order valence-electron chi connectivity index (χ2n) is 4.70. The molecular formula is C15H19ClN2S. The smallest absolute Gasteiger partial charge is 0.123 e. The highest BCUT2D eigenvalue weighted by Gasteiger charge is 2.11. The standard InChI is InChI=1S/C15H19ClN2S/c1-4-7-17-11(3)14-9-18-15(19-14)13-6-5-12(16)8-10(13)2/h5-6,8-9,11,17H,4,7H2,1-3H3. The lowest BCUT2D eigenvalue weighted by molar-refractivity contribution is 0.577. The topological polar surface area (TPSA) is 24.9 Å². The van der Waals surface area contributed by atoms with Gasteiger partial charge in [-0.25, -0.2) is 4.98 Å². The fourth-order valence-corrected chi connectivity index (χ4v) is 3.20. The molecule has 19 heavy (non-hydrogen) atoms. The fraction of sp³-hybridized carbons (Fsp3) is 0.400. The molecule has 0 saturated carbocycles. The summed E-state index contributed by atoms with van der Waals surface area (Å²) in [4.78, 5) is 5.82. The number of nitrogens with zero attached hydrogens (tertiary/aromatic N) is 1. The first-order valence-electron chi connectivity index (χ1n) is 6.57. The largest absolute Gasteiger partial charge is 0.309 e. The van der Waals surface area contributed by atoms with Crippen LogP contribution in [0, 0.1) is 6.92 Å². The van der Waals surface area contributed by atoms with Gasteiger partial charge in [0.05, 0.1) is 0 Å². The predicted molar refractivity (Wildman–Crippen MR) is 84.0 cm³/mol. The molecule has 1 aromatic heterocycles. The van der Waals surface area contributed by atoms with E-state index in [0.717, 1.165) is 23.0 Å². The highest BCUT2D eigenvalue weighted by molar-refractivity contribution is 7.15. The molecular weight excluding hydrogens is 276 g/mol. The zero-order valence-electron chi connectivity index (χ0n) is 11.5. The van der Waals surface area contributed by atoms with Crippen molar-refractivity contribution in [2.24, 2.45) is 0 Å². The van der Waals surface area contributed by atoms with Crippen LogP contribution in [0.1, 0.15) is 36.8 Å². The van der Waals surface area contributed by atoms with Gasteiger partial charge in [-0.2, -0.15) is 0 Å². The summed E-state index contributed by atoms with van der Waals surface area (Å²) in [7, 11) is 0. The quantitative estimate of drug-likeness (QED) is 0.854. The molecule has 0 saturated heterocycles. The lowest BCUT2D eigenvalue weighted by Gasteiger charge is -2.09. The van der Waals surface area contributed by atoms with Gasteiger partial charge in [-0.3, -0.25) is 0 Å². The van der Waals surface area contributed by atoms with Gasteiger partial charge in [-0.05, 0) is 44.5 Å². The second kappa shape index (κ2) is 6.51. The van der Waals surface area contributed by atoms with Crippen molar-refractivity contribution >= 4 is 22.9 Å². The van der Waals surface area contributed by atoms with Gasteiger partial charge in [0.2, 0.25) is 0 Å². The third kappa shape index (κ3) is 3.56. The Kier molecular flexibility index (Phi) is 4.97. The van der Waals surface area contributed by atoms with Crippen LogP contribution in [0.25, 0.3) is 10.6 Å². The number of rotatable bonds is 5. The summed E-state index contributed by atoms with van der Waals surface area (Å²) in [6.07, 6.45) is 3.12. The Hall–Kier alpha value is -0.900. The van der Waals surface area contributed by atoms with Crippen molar-refractivity contribution < 1.29 is 0 Å². The molecule has 4 heteroatoms. The molecule has 1 aromatic carbocycles.